The molecule has 3 aromatic rings. The smallest absolute Gasteiger partial charge is 0.174 e. The van der Waals surface area contributed by atoms with Crippen LogP contribution in [0.3, 0.4) is 0 Å². The SMILES string of the molecule is Cc1cc([C@H]2[C@@H](c3ccccn3)NC(=S)N2c2ccc(Cl)cc2)c(C)n1C1CCCC1. The van der Waals surface area contributed by atoms with Crippen LogP contribution in [0.4, 0.5) is 5.69 Å². The Morgan fingerprint density at radius 1 is 1.06 bits per heavy atom. The maximum Gasteiger partial charge on any atom is 0.174 e. The van der Waals surface area contributed by atoms with Crippen molar-refractivity contribution in [2.24, 2.45) is 0 Å². The second-order valence-electron chi connectivity index (χ2n) is 8.61. The monoisotopic (exact) mass is 450 g/mol. The molecule has 0 radical (unpaired) electrons. The van der Waals surface area contributed by atoms with Gasteiger partial charge in [0.15, 0.2) is 5.11 Å². The molecule has 0 bridgehead atoms. The Morgan fingerprint density at radius 3 is 2.48 bits per heavy atom. The summed E-state index contributed by atoms with van der Waals surface area (Å²) in [5, 5.41) is 5.00. The van der Waals surface area contributed by atoms with Crippen molar-refractivity contribution in [1.29, 1.82) is 0 Å². The number of aryl methyl sites for hydroxylation is 1. The maximum absolute atomic E-state index is 6.17. The number of benzene rings is 1. The number of hydrogen-bond acceptors (Lipinski definition) is 2. The van der Waals surface area contributed by atoms with Crippen molar-refractivity contribution in [3.8, 4) is 0 Å². The van der Waals surface area contributed by atoms with Gasteiger partial charge in [0.2, 0.25) is 0 Å². The highest BCUT2D eigenvalue weighted by atomic mass is 35.5. The predicted molar refractivity (Wildman–Crippen MR) is 131 cm³/mol. The Kier molecular flexibility index (Phi) is 5.49. The van der Waals surface area contributed by atoms with E-state index in [0.717, 1.165) is 16.4 Å². The molecule has 1 N–H and O–H groups in total. The zero-order valence-electron chi connectivity index (χ0n) is 17.9. The van der Waals surface area contributed by atoms with Crippen molar-refractivity contribution in [2.75, 3.05) is 4.90 Å². The lowest BCUT2D eigenvalue weighted by atomic mass is 9.96. The van der Waals surface area contributed by atoms with Gasteiger partial charge in [-0.1, -0.05) is 30.5 Å². The minimum Gasteiger partial charge on any atom is -0.351 e. The molecule has 0 amide bonds. The minimum absolute atomic E-state index is 0.0185. The Hall–Kier alpha value is -2.37. The third-order valence-corrected chi connectivity index (χ3v) is 7.30. The molecule has 1 aliphatic heterocycles. The maximum atomic E-state index is 6.17. The third kappa shape index (κ3) is 3.64. The van der Waals surface area contributed by atoms with E-state index in [2.05, 4.69) is 45.7 Å². The highest BCUT2D eigenvalue weighted by Gasteiger charge is 2.42. The van der Waals surface area contributed by atoms with Crippen LogP contribution in [0.2, 0.25) is 5.02 Å². The van der Waals surface area contributed by atoms with Crippen LogP contribution in [-0.4, -0.2) is 14.7 Å². The van der Waals surface area contributed by atoms with Gasteiger partial charge in [-0.3, -0.25) is 4.98 Å². The van der Waals surface area contributed by atoms with E-state index < -0.39 is 0 Å². The highest BCUT2D eigenvalue weighted by Crippen LogP contribution is 2.44. The van der Waals surface area contributed by atoms with Gasteiger partial charge >= 0.3 is 0 Å². The molecule has 160 valence electrons. The van der Waals surface area contributed by atoms with Gasteiger partial charge in [0.1, 0.15) is 0 Å². The van der Waals surface area contributed by atoms with Gasteiger partial charge in [-0.15, -0.1) is 0 Å². The van der Waals surface area contributed by atoms with E-state index in [9.17, 15) is 0 Å². The summed E-state index contributed by atoms with van der Waals surface area (Å²) in [6.07, 6.45) is 7.02. The molecule has 3 heterocycles. The largest absolute Gasteiger partial charge is 0.351 e. The third-order valence-electron chi connectivity index (χ3n) is 6.73. The normalized spacial score (nSPS) is 21.6. The fraction of sp³-hybridized carbons (Fsp3) is 0.360. The first kappa shape index (κ1) is 20.5. The van der Waals surface area contributed by atoms with Crippen LogP contribution in [0.15, 0.2) is 54.7 Å². The Labute approximate surface area is 194 Å². The number of halogens is 1. The molecule has 4 nitrogen and oxygen atoms in total. The lowest BCUT2D eigenvalue weighted by Crippen LogP contribution is -2.29. The summed E-state index contributed by atoms with van der Waals surface area (Å²) in [5.74, 6) is 0. The van der Waals surface area contributed by atoms with Gasteiger partial charge in [0.05, 0.1) is 17.8 Å². The van der Waals surface area contributed by atoms with Crippen molar-refractivity contribution in [1.82, 2.24) is 14.9 Å². The van der Waals surface area contributed by atoms with E-state index >= 15 is 0 Å². The Balaban J connectivity index is 1.64. The molecule has 1 aromatic carbocycles. The fourth-order valence-corrected chi connectivity index (χ4v) is 5.85. The van der Waals surface area contributed by atoms with E-state index in [-0.39, 0.29) is 12.1 Å². The van der Waals surface area contributed by atoms with Gasteiger partial charge in [-0.25, -0.2) is 0 Å². The van der Waals surface area contributed by atoms with Gasteiger partial charge in [0, 0.05) is 34.3 Å². The molecule has 6 heteroatoms. The summed E-state index contributed by atoms with van der Waals surface area (Å²) in [6.45, 7) is 4.50. The summed E-state index contributed by atoms with van der Waals surface area (Å²) < 4.78 is 2.55. The number of rotatable bonds is 4. The van der Waals surface area contributed by atoms with Crippen molar-refractivity contribution in [3.05, 3.63) is 82.4 Å². The predicted octanol–water partition coefficient (Wildman–Crippen LogP) is 6.45. The molecular weight excluding hydrogens is 424 g/mol. The number of nitrogens with one attached hydrogen (secondary N) is 1. The molecule has 2 aliphatic rings. The summed E-state index contributed by atoms with van der Waals surface area (Å²) in [6, 6.07) is 17.0. The summed E-state index contributed by atoms with van der Waals surface area (Å²) in [7, 11) is 0. The van der Waals surface area contributed by atoms with E-state index in [1.54, 1.807) is 0 Å². The highest BCUT2D eigenvalue weighted by molar-refractivity contribution is 7.80. The van der Waals surface area contributed by atoms with Crippen molar-refractivity contribution in [3.63, 3.8) is 0 Å². The second-order valence-corrected chi connectivity index (χ2v) is 9.43. The topological polar surface area (TPSA) is 33.1 Å². The molecule has 31 heavy (non-hydrogen) atoms. The fourth-order valence-electron chi connectivity index (χ4n) is 5.38. The minimum atomic E-state index is -0.0260. The van der Waals surface area contributed by atoms with Crippen molar-refractivity contribution < 1.29 is 0 Å². The molecular formula is C25H27ClN4S. The molecule has 1 saturated heterocycles. The van der Waals surface area contributed by atoms with Gasteiger partial charge in [-0.05, 0) is 86.9 Å². The number of aromatic nitrogens is 2. The van der Waals surface area contributed by atoms with E-state index in [0.29, 0.717) is 11.2 Å². The molecule has 2 aromatic heterocycles. The van der Waals surface area contributed by atoms with Gasteiger partial charge < -0.3 is 14.8 Å². The van der Waals surface area contributed by atoms with Crippen molar-refractivity contribution >= 4 is 34.6 Å². The Morgan fingerprint density at radius 2 is 1.81 bits per heavy atom. The first-order valence-corrected chi connectivity index (χ1v) is 11.8. The van der Waals surface area contributed by atoms with Crippen LogP contribution in [0.25, 0.3) is 0 Å². The van der Waals surface area contributed by atoms with Crippen LogP contribution in [0.5, 0.6) is 0 Å². The molecule has 5 rings (SSSR count). The Bertz CT molecular complexity index is 1090. The quantitative estimate of drug-likeness (QED) is 0.463. The lowest BCUT2D eigenvalue weighted by Gasteiger charge is -2.28. The van der Waals surface area contributed by atoms with E-state index in [1.807, 2.05) is 42.6 Å². The summed E-state index contributed by atoms with van der Waals surface area (Å²) in [5.41, 5.74) is 6.00. The first-order chi connectivity index (χ1) is 15.0. The molecule has 0 spiro atoms. The second kappa shape index (κ2) is 8.29. The van der Waals surface area contributed by atoms with Crippen LogP contribution < -0.4 is 10.2 Å². The van der Waals surface area contributed by atoms with Crippen LogP contribution in [0.1, 0.15) is 66.5 Å². The number of thiocarbonyl (C=S) groups is 1. The van der Waals surface area contributed by atoms with Crippen molar-refractivity contribution in [2.45, 2.75) is 57.7 Å². The molecule has 2 fully saturated rings. The standard InChI is InChI=1S/C25H27ClN4S/c1-16-15-21(17(2)29(16)19-7-3-4-8-19)24-23(22-9-5-6-14-27-22)28-25(31)30(24)20-12-10-18(26)11-13-20/h5-6,9-15,19,23-24H,3-4,7-8H2,1-2H3,(H,28,31)/t23-,24+/m1/s1. The average Bonchev–Trinajstić information content (AvgIpc) is 3.47. The molecule has 0 unspecified atom stereocenters. The first-order valence-electron chi connectivity index (χ1n) is 11.0. The van der Waals surface area contributed by atoms with Gasteiger partial charge in [0.25, 0.3) is 0 Å². The van der Waals surface area contributed by atoms with E-state index in [4.69, 9.17) is 23.8 Å². The number of pyridine rings is 1. The number of hydrogen-bond donors (Lipinski definition) is 1. The zero-order valence-corrected chi connectivity index (χ0v) is 19.5. The van der Waals surface area contributed by atoms with Crippen LogP contribution >= 0.6 is 23.8 Å². The summed E-state index contributed by atoms with van der Waals surface area (Å²) >= 11 is 12.0. The summed E-state index contributed by atoms with van der Waals surface area (Å²) in [4.78, 5) is 6.90. The molecule has 1 saturated carbocycles. The van der Waals surface area contributed by atoms with Gasteiger partial charge in [-0.2, -0.15) is 0 Å². The number of anilines is 1. The lowest BCUT2D eigenvalue weighted by molar-refractivity contribution is 0.494. The zero-order chi connectivity index (χ0) is 21.5. The number of nitrogens with zero attached hydrogens (tertiary/aromatic N) is 3. The van der Waals surface area contributed by atoms with Crippen LogP contribution in [0, 0.1) is 13.8 Å². The average molecular weight is 451 g/mol. The van der Waals surface area contributed by atoms with Crippen LogP contribution in [-0.2, 0) is 0 Å². The van der Waals surface area contributed by atoms with E-state index in [1.165, 1.54) is 42.6 Å². The molecule has 1 aliphatic carbocycles. The molecule has 2 atom stereocenters.